The lowest BCUT2D eigenvalue weighted by atomic mass is 10.0. The second-order valence-electron chi connectivity index (χ2n) is 8.28. The first kappa shape index (κ1) is 24.1. The van der Waals surface area contributed by atoms with Crippen LogP contribution in [0.15, 0.2) is 48.5 Å². The first-order valence-electron chi connectivity index (χ1n) is 11.0. The average Bonchev–Trinajstić information content (AvgIpc) is 3.47. The van der Waals surface area contributed by atoms with E-state index in [4.69, 9.17) is 11.5 Å². The molecule has 1 aromatic heterocycles. The highest BCUT2D eigenvalue weighted by atomic mass is 32.1. The van der Waals surface area contributed by atoms with Gasteiger partial charge in [-0.2, -0.15) is 4.37 Å². The number of nitrogens with zero attached hydrogens (tertiary/aromatic N) is 2. The van der Waals surface area contributed by atoms with Crippen molar-refractivity contribution < 1.29 is 23.9 Å². The van der Waals surface area contributed by atoms with Gasteiger partial charge in [-0.05, 0) is 54.2 Å². The number of anilines is 2. The fraction of sp³-hybridized carbons (Fsp3) is 0.250. The van der Waals surface area contributed by atoms with Crippen LogP contribution in [0.5, 0.6) is 5.75 Å². The minimum atomic E-state index is -1.23. The van der Waals surface area contributed by atoms with Crippen LogP contribution in [0, 0.1) is 5.82 Å². The highest BCUT2D eigenvalue weighted by Gasteiger charge is 2.37. The number of carbonyl (C=O) groups is 3. The molecule has 3 amide bonds. The van der Waals surface area contributed by atoms with E-state index in [0.29, 0.717) is 17.1 Å². The minimum Gasteiger partial charge on any atom is -0.508 e. The monoisotopic (exact) mass is 497 g/mol. The molecule has 3 aromatic rings. The number of rotatable bonds is 7. The molecule has 1 atom stereocenters. The molecule has 9 nitrogen and oxygen atoms in total. The molecule has 0 bridgehead atoms. The highest BCUT2D eigenvalue weighted by Crippen LogP contribution is 2.35. The molecule has 1 unspecified atom stereocenters. The lowest BCUT2D eigenvalue weighted by Crippen LogP contribution is -2.46. The Bertz CT molecular complexity index is 1260. The van der Waals surface area contributed by atoms with Crippen LogP contribution in [0.1, 0.15) is 57.4 Å². The van der Waals surface area contributed by atoms with Gasteiger partial charge in [0.05, 0.1) is 5.69 Å². The molecule has 0 aliphatic heterocycles. The van der Waals surface area contributed by atoms with E-state index in [2.05, 4.69) is 9.69 Å². The van der Waals surface area contributed by atoms with E-state index in [1.54, 1.807) is 6.07 Å². The van der Waals surface area contributed by atoms with Crippen molar-refractivity contribution in [1.29, 1.82) is 0 Å². The summed E-state index contributed by atoms with van der Waals surface area (Å²) < 4.78 is 17.6. The van der Waals surface area contributed by atoms with E-state index in [9.17, 15) is 23.9 Å². The zero-order chi connectivity index (χ0) is 25.1. The summed E-state index contributed by atoms with van der Waals surface area (Å²) in [5, 5.41) is 13.1. The molecule has 4 rings (SSSR count). The van der Waals surface area contributed by atoms with Crippen molar-refractivity contribution in [1.82, 2.24) is 9.69 Å². The maximum Gasteiger partial charge on any atom is 0.273 e. The summed E-state index contributed by atoms with van der Waals surface area (Å²) in [6.07, 6.45) is 3.58. The number of halogens is 1. The topological polar surface area (TPSA) is 152 Å². The maximum atomic E-state index is 13.9. The fourth-order valence-electron chi connectivity index (χ4n) is 4.18. The van der Waals surface area contributed by atoms with Crippen molar-refractivity contribution in [2.45, 2.75) is 37.8 Å². The van der Waals surface area contributed by atoms with Gasteiger partial charge in [0.2, 0.25) is 5.91 Å². The van der Waals surface area contributed by atoms with Gasteiger partial charge in [-0.1, -0.05) is 31.0 Å². The Morgan fingerprint density at radius 3 is 2.43 bits per heavy atom. The molecule has 1 aliphatic carbocycles. The molecular formula is C24H24FN5O4S. The largest absolute Gasteiger partial charge is 0.508 e. The molecule has 2 aromatic carbocycles. The SMILES string of the molecule is NC(=O)c1nsc(C(=O)N(c2cccc(O)c2)C(C(=O)NC2CCCC2)c2ccc(F)cc2)c1N. The van der Waals surface area contributed by atoms with Crippen LogP contribution >= 0.6 is 11.5 Å². The van der Waals surface area contributed by atoms with E-state index in [1.165, 1.54) is 42.5 Å². The number of benzene rings is 2. The van der Waals surface area contributed by atoms with E-state index in [1.807, 2.05) is 0 Å². The predicted molar refractivity (Wildman–Crippen MR) is 130 cm³/mol. The smallest absolute Gasteiger partial charge is 0.273 e. The van der Waals surface area contributed by atoms with E-state index >= 15 is 0 Å². The van der Waals surface area contributed by atoms with Crippen molar-refractivity contribution >= 4 is 40.6 Å². The zero-order valence-corrected chi connectivity index (χ0v) is 19.4. The van der Waals surface area contributed by atoms with E-state index in [-0.39, 0.29) is 33.7 Å². The quantitative estimate of drug-likeness (QED) is 0.394. The number of hydrogen-bond donors (Lipinski definition) is 4. The number of nitrogen functional groups attached to an aromatic ring is 1. The first-order valence-corrected chi connectivity index (χ1v) is 11.8. The molecule has 1 aliphatic rings. The summed E-state index contributed by atoms with van der Waals surface area (Å²) >= 11 is 0.678. The molecule has 35 heavy (non-hydrogen) atoms. The van der Waals surface area contributed by atoms with Gasteiger partial charge in [0.25, 0.3) is 11.8 Å². The Hall–Kier alpha value is -3.99. The number of amides is 3. The Labute approximate surface area is 204 Å². The van der Waals surface area contributed by atoms with Crippen molar-refractivity contribution in [2.75, 3.05) is 10.6 Å². The maximum absolute atomic E-state index is 13.9. The number of carbonyl (C=O) groups excluding carboxylic acids is 3. The third-order valence-electron chi connectivity index (χ3n) is 5.88. The molecule has 1 fully saturated rings. The third kappa shape index (κ3) is 5.09. The second-order valence-corrected chi connectivity index (χ2v) is 9.05. The Morgan fingerprint density at radius 1 is 1.14 bits per heavy atom. The third-order valence-corrected chi connectivity index (χ3v) is 6.73. The summed E-state index contributed by atoms with van der Waals surface area (Å²) in [6.45, 7) is 0. The molecule has 0 radical (unpaired) electrons. The molecule has 1 heterocycles. The standard InChI is InChI=1S/C24H24FN5O4S/c25-14-10-8-13(9-11-14)20(23(33)28-15-4-1-2-5-15)30(16-6-3-7-17(31)12-16)24(34)21-18(26)19(22(27)32)29-35-21/h3,6-12,15,20,31H,1-2,4-5,26H2,(H2,27,32)(H,28,33). The highest BCUT2D eigenvalue weighted by molar-refractivity contribution is 7.09. The normalized spacial score (nSPS) is 14.4. The number of phenolic OH excluding ortho intramolecular Hbond substituents is 1. The molecule has 11 heteroatoms. The van der Waals surface area contributed by atoms with Gasteiger partial charge < -0.3 is 21.9 Å². The number of nitrogens with one attached hydrogen (secondary N) is 1. The molecule has 182 valence electrons. The van der Waals surface area contributed by atoms with Crippen molar-refractivity contribution in [3.05, 3.63) is 70.5 Å². The number of nitrogens with two attached hydrogens (primary N) is 2. The summed E-state index contributed by atoms with van der Waals surface area (Å²) in [6, 6.07) is 9.75. The molecular weight excluding hydrogens is 473 g/mol. The van der Waals surface area contributed by atoms with Crippen LogP contribution in [0.3, 0.4) is 0 Å². The Kier molecular flexibility index (Phi) is 6.97. The predicted octanol–water partition coefficient (Wildman–Crippen LogP) is 3.12. The number of primary amides is 1. The fourth-order valence-corrected chi connectivity index (χ4v) is 4.92. The zero-order valence-electron chi connectivity index (χ0n) is 18.6. The van der Waals surface area contributed by atoms with Gasteiger partial charge in [-0.3, -0.25) is 19.3 Å². The number of aromatic nitrogens is 1. The molecule has 1 saturated carbocycles. The van der Waals surface area contributed by atoms with E-state index < -0.39 is 29.6 Å². The summed E-state index contributed by atoms with van der Waals surface area (Å²) in [5.41, 5.74) is 11.4. The van der Waals surface area contributed by atoms with Crippen molar-refractivity contribution in [3.8, 4) is 5.75 Å². The van der Waals surface area contributed by atoms with Gasteiger partial charge in [0, 0.05) is 17.8 Å². The number of aromatic hydroxyl groups is 1. The van der Waals surface area contributed by atoms with Crippen molar-refractivity contribution in [3.63, 3.8) is 0 Å². The lowest BCUT2D eigenvalue weighted by Gasteiger charge is -2.32. The van der Waals surface area contributed by atoms with Gasteiger partial charge in [-0.15, -0.1) is 0 Å². The van der Waals surface area contributed by atoms with Crippen LogP contribution in [-0.4, -0.2) is 33.2 Å². The van der Waals surface area contributed by atoms with Crippen molar-refractivity contribution in [2.24, 2.45) is 5.73 Å². The molecule has 6 N–H and O–H groups in total. The summed E-state index contributed by atoms with van der Waals surface area (Å²) in [4.78, 5) is 40.2. The Balaban J connectivity index is 1.85. The lowest BCUT2D eigenvalue weighted by molar-refractivity contribution is -0.123. The second kappa shape index (κ2) is 10.1. The van der Waals surface area contributed by atoms with Crippen LogP contribution in [0.25, 0.3) is 0 Å². The Morgan fingerprint density at radius 2 is 1.83 bits per heavy atom. The van der Waals surface area contributed by atoms with Gasteiger partial charge in [0.1, 0.15) is 22.5 Å². The minimum absolute atomic E-state index is 0.0542. The summed E-state index contributed by atoms with van der Waals surface area (Å²) in [7, 11) is 0. The van der Waals surface area contributed by atoms with Crippen LogP contribution in [0.4, 0.5) is 15.8 Å². The average molecular weight is 498 g/mol. The van der Waals surface area contributed by atoms with Crippen LogP contribution in [0.2, 0.25) is 0 Å². The molecule has 0 saturated heterocycles. The van der Waals surface area contributed by atoms with Gasteiger partial charge in [-0.25, -0.2) is 4.39 Å². The van der Waals surface area contributed by atoms with Gasteiger partial charge >= 0.3 is 0 Å². The first-order chi connectivity index (χ1) is 16.8. The summed E-state index contributed by atoms with van der Waals surface area (Å²) in [5.74, 6) is -2.73. The number of phenols is 1. The number of hydrogen-bond acceptors (Lipinski definition) is 7. The molecule has 0 spiro atoms. The van der Waals surface area contributed by atoms with Crippen LogP contribution < -0.4 is 21.7 Å². The van der Waals surface area contributed by atoms with Crippen LogP contribution in [-0.2, 0) is 4.79 Å². The van der Waals surface area contributed by atoms with Gasteiger partial charge in [0.15, 0.2) is 5.69 Å². The van der Waals surface area contributed by atoms with E-state index in [0.717, 1.165) is 30.6 Å².